The van der Waals surface area contributed by atoms with Gasteiger partial charge in [-0.25, -0.2) is 9.97 Å². The number of anilines is 1. The second-order valence-electron chi connectivity index (χ2n) is 8.59. The topological polar surface area (TPSA) is 103 Å². The van der Waals surface area contributed by atoms with Gasteiger partial charge < -0.3 is 20.1 Å². The van der Waals surface area contributed by atoms with Crippen molar-refractivity contribution in [2.24, 2.45) is 0 Å². The maximum absolute atomic E-state index is 13.4. The van der Waals surface area contributed by atoms with Crippen molar-refractivity contribution in [2.45, 2.75) is 38.7 Å². The Morgan fingerprint density at radius 3 is 2.76 bits per heavy atom. The number of aryl methyl sites for hydroxylation is 1. The van der Waals surface area contributed by atoms with Gasteiger partial charge in [0.2, 0.25) is 0 Å². The fraction of sp³-hybridized carbons (Fsp3) is 0.360. The van der Waals surface area contributed by atoms with Gasteiger partial charge in [-0.3, -0.25) is 9.78 Å². The SMILES string of the molecule is COc1cc(C(=O)N2CCCC(C)(c3cc(N)nc(C)n3)C2)ccc1OCc1ccccn1. The lowest BCUT2D eigenvalue weighted by Gasteiger charge is -2.40. The summed E-state index contributed by atoms with van der Waals surface area (Å²) < 4.78 is 11.4. The van der Waals surface area contributed by atoms with Crippen molar-refractivity contribution in [3.8, 4) is 11.5 Å². The van der Waals surface area contributed by atoms with E-state index in [4.69, 9.17) is 15.2 Å². The van der Waals surface area contributed by atoms with E-state index < -0.39 is 0 Å². The second kappa shape index (κ2) is 9.44. The summed E-state index contributed by atoms with van der Waals surface area (Å²) in [5, 5.41) is 0. The molecule has 4 rings (SSSR count). The summed E-state index contributed by atoms with van der Waals surface area (Å²) in [6.07, 6.45) is 3.53. The molecule has 33 heavy (non-hydrogen) atoms. The highest BCUT2D eigenvalue weighted by molar-refractivity contribution is 5.95. The molecule has 0 bridgehead atoms. The van der Waals surface area contributed by atoms with Crippen LogP contribution in [-0.4, -0.2) is 46.0 Å². The summed E-state index contributed by atoms with van der Waals surface area (Å²) in [4.78, 5) is 28.3. The van der Waals surface area contributed by atoms with Crippen LogP contribution in [0.25, 0.3) is 0 Å². The van der Waals surface area contributed by atoms with Gasteiger partial charge in [0.25, 0.3) is 5.91 Å². The van der Waals surface area contributed by atoms with Gasteiger partial charge in [-0.1, -0.05) is 13.0 Å². The standard InChI is InChI=1S/C25H29N5O3/c1-17-28-22(14-23(26)29-17)25(2)10-6-12-30(16-25)24(31)18-8-9-20(21(13-18)32-3)33-15-19-7-4-5-11-27-19/h4-5,7-9,11,13-14H,6,10,12,15-16H2,1-3H3,(H2,26,28,29). The second-order valence-corrected chi connectivity index (χ2v) is 8.59. The fourth-order valence-corrected chi connectivity index (χ4v) is 4.26. The van der Waals surface area contributed by atoms with Crippen LogP contribution in [0.1, 0.15) is 47.3 Å². The summed E-state index contributed by atoms with van der Waals surface area (Å²) >= 11 is 0. The number of ether oxygens (including phenoxy) is 2. The van der Waals surface area contributed by atoms with E-state index in [1.54, 1.807) is 31.5 Å². The summed E-state index contributed by atoms with van der Waals surface area (Å²) in [6, 6.07) is 12.8. The van der Waals surface area contributed by atoms with Gasteiger partial charge >= 0.3 is 0 Å². The molecule has 0 saturated carbocycles. The van der Waals surface area contributed by atoms with E-state index in [2.05, 4.69) is 21.9 Å². The molecule has 0 aliphatic carbocycles. The van der Waals surface area contributed by atoms with E-state index in [0.29, 0.717) is 48.4 Å². The highest BCUT2D eigenvalue weighted by atomic mass is 16.5. The van der Waals surface area contributed by atoms with Gasteiger partial charge in [-0.15, -0.1) is 0 Å². The number of benzene rings is 1. The molecule has 3 heterocycles. The van der Waals surface area contributed by atoms with E-state index in [1.165, 1.54) is 0 Å². The monoisotopic (exact) mass is 447 g/mol. The number of amides is 1. The number of likely N-dealkylation sites (tertiary alicyclic amines) is 1. The van der Waals surface area contributed by atoms with E-state index in [-0.39, 0.29) is 11.3 Å². The quantitative estimate of drug-likeness (QED) is 0.616. The Labute approximate surface area is 193 Å². The molecule has 1 saturated heterocycles. The van der Waals surface area contributed by atoms with Gasteiger partial charge in [-0.2, -0.15) is 0 Å². The molecule has 8 heteroatoms. The number of pyridine rings is 1. The number of rotatable bonds is 6. The Morgan fingerprint density at radius 2 is 2.03 bits per heavy atom. The Balaban J connectivity index is 1.51. The minimum absolute atomic E-state index is 0.0470. The highest BCUT2D eigenvalue weighted by Gasteiger charge is 2.36. The molecule has 1 aromatic carbocycles. The van der Waals surface area contributed by atoms with E-state index in [0.717, 1.165) is 24.2 Å². The molecule has 8 nitrogen and oxygen atoms in total. The molecule has 1 aliphatic rings. The minimum atomic E-state index is -0.286. The Hall–Kier alpha value is -3.68. The number of nitrogens with two attached hydrogens (primary N) is 1. The third-order valence-corrected chi connectivity index (χ3v) is 5.97. The first-order valence-electron chi connectivity index (χ1n) is 11.0. The van der Waals surface area contributed by atoms with Crippen LogP contribution >= 0.6 is 0 Å². The van der Waals surface area contributed by atoms with Crippen LogP contribution in [0.5, 0.6) is 11.5 Å². The average Bonchev–Trinajstić information content (AvgIpc) is 2.82. The van der Waals surface area contributed by atoms with E-state index in [9.17, 15) is 4.79 Å². The Morgan fingerprint density at radius 1 is 1.18 bits per heavy atom. The van der Waals surface area contributed by atoms with Crippen LogP contribution in [0.4, 0.5) is 5.82 Å². The zero-order valence-corrected chi connectivity index (χ0v) is 19.2. The molecule has 1 unspecified atom stereocenters. The van der Waals surface area contributed by atoms with Crippen molar-refractivity contribution >= 4 is 11.7 Å². The molecule has 1 amide bonds. The van der Waals surface area contributed by atoms with Crippen LogP contribution in [0.15, 0.2) is 48.7 Å². The summed E-state index contributed by atoms with van der Waals surface area (Å²) in [5.74, 6) is 2.12. The van der Waals surface area contributed by atoms with Gasteiger partial charge in [-0.05, 0) is 50.1 Å². The van der Waals surface area contributed by atoms with Gasteiger partial charge in [0.05, 0.1) is 18.5 Å². The first-order chi connectivity index (χ1) is 15.9. The van der Waals surface area contributed by atoms with Crippen LogP contribution in [0, 0.1) is 6.92 Å². The minimum Gasteiger partial charge on any atom is -0.493 e. The fourth-order valence-electron chi connectivity index (χ4n) is 4.26. The Bertz CT molecular complexity index is 1120. The lowest BCUT2D eigenvalue weighted by molar-refractivity contribution is 0.0647. The number of aromatic nitrogens is 3. The molecule has 1 atom stereocenters. The maximum Gasteiger partial charge on any atom is 0.254 e. The summed E-state index contributed by atoms with van der Waals surface area (Å²) in [7, 11) is 1.57. The molecule has 3 aromatic rings. The first kappa shape index (κ1) is 22.5. The number of nitrogen functional groups attached to an aromatic ring is 1. The smallest absolute Gasteiger partial charge is 0.254 e. The number of carbonyl (C=O) groups excluding carboxylic acids is 1. The van der Waals surface area contributed by atoms with E-state index >= 15 is 0 Å². The van der Waals surface area contributed by atoms with Gasteiger partial charge in [0, 0.05) is 36.3 Å². The van der Waals surface area contributed by atoms with Crippen molar-refractivity contribution in [2.75, 3.05) is 25.9 Å². The average molecular weight is 448 g/mol. The van der Waals surface area contributed by atoms with Crippen LogP contribution in [-0.2, 0) is 12.0 Å². The van der Waals surface area contributed by atoms with Crippen molar-refractivity contribution in [3.05, 3.63) is 71.4 Å². The normalized spacial score (nSPS) is 18.1. The van der Waals surface area contributed by atoms with Gasteiger partial charge in [0.1, 0.15) is 18.2 Å². The zero-order chi connectivity index (χ0) is 23.4. The summed E-state index contributed by atoms with van der Waals surface area (Å²) in [6.45, 7) is 5.52. The molecule has 0 radical (unpaired) electrons. The molecule has 172 valence electrons. The largest absolute Gasteiger partial charge is 0.493 e. The van der Waals surface area contributed by atoms with E-state index in [1.807, 2.05) is 36.1 Å². The Kier molecular flexibility index (Phi) is 6.44. The third-order valence-electron chi connectivity index (χ3n) is 5.97. The first-order valence-corrected chi connectivity index (χ1v) is 11.0. The predicted octanol–water partition coefficient (Wildman–Crippen LogP) is 3.54. The molecule has 0 spiro atoms. The lowest BCUT2D eigenvalue weighted by atomic mass is 9.78. The van der Waals surface area contributed by atoms with Gasteiger partial charge in [0.15, 0.2) is 11.5 Å². The van der Waals surface area contributed by atoms with Crippen LogP contribution in [0.2, 0.25) is 0 Å². The predicted molar refractivity (Wildman–Crippen MR) is 125 cm³/mol. The van der Waals surface area contributed by atoms with Crippen molar-refractivity contribution in [1.82, 2.24) is 19.9 Å². The lowest BCUT2D eigenvalue weighted by Crippen LogP contribution is -2.47. The zero-order valence-electron chi connectivity index (χ0n) is 19.2. The number of nitrogens with zero attached hydrogens (tertiary/aromatic N) is 4. The maximum atomic E-state index is 13.4. The number of hydrogen-bond donors (Lipinski definition) is 1. The van der Waals surface area contributed by atoms with Crippen LogP contribution < -0.4 is 15.2 Å². The number of piperidine rings is 1. The van der Waals surface area contributed by atoms with Crippen LogP contribution in [0.3, 0.4) is 0 Å². The molecule has 2 N–H and O–H groups in total. The molecular formula is C25H29N5O3. The molecule has 2 aromatic heterocycles. The highest BCUT2D eigenvalue weighted by Crippen LogP contribution is 2.35. The molecule has 1 aliphatic heterocycles. The number of carbonyl (C=O) groups is 1. The van der Waals surface area contributed by atoms with Crippen molar-refractivity contribution in [1.29, 1.82) is 0 Å². The molecule has 1 fully saturated rings. The van der Waals surface area contributed by atoms with Crippen molar-refractivity contribution in [3.63, 3.8) is 0 Å². The summed E-state index contributed by atoms with van der Waals surface area (Å²) in [5.41, 5.74) is 7.91. The number of methoxy groups -OCH3 is 1. The number of hydrogen-bond acceptors (Lipinski definition) is 7. The molecular weight excluding hydrogens is 418 g/mol. The van der Waals surface area contributed by atoms with Crippen molar-refractivity contribution < 1.29 is 14.3 Å². The third kappa shape index (κ3) is 5.05.